The third-order valence-electron chi connectivity index (χ3n) is 4.91. The highest BCUT2D eigenvalue weighted by Gasteiger charge is 2.36. The zero-order valence-electron chi connectivity index (χ0n) is 15.8. The van der Waals surface area contributed by atoms with Crippen LogP contribution in [0, 0.1) is 13.8 Å². The quantitative estimate of drug-likeness (QED) is 0.589. The van der Waals surface area contributed by atoms with Crippen LogP contribution in [0.2, 0.25) is 5.15 Å². The number of sulfonamides is 1. The zero-order valence-corrected chi connectivity index (χ0v) is 17.4. The fraction of sp³-hybridized carbons (Fsp3) is 0.238. The van der Waals surface area contributed by atoms with Crippen LogP contribution in [0.1, 0.15) is 34.7 Å². The molecule has 5 nitrogen and oxygen atoms in total. The molecule has 1 aliphatic rings. The molecule has 1 aromatic heterocycles. The monoisotopic (exact) mass is 413 g/mol. The second kappa shape index (κ2) is 6.87. The van der Waals surface area contributed by atoms with Crippen LogP contribution in [0.4, 0.5) is 0 Å². The normalized spacial score (nSPS) is 17.2. The van der Waals surface area contributed by atoms with Crippen molar-refractivity contribution in [2.45, 2.75) is 26.3 Å². The highest BCUT2D eigenvalue weighted by atomic mass is 35.5. The molecule has 144 valence electrons. The molecule has 0 aliphatic carbocycles. The molecule has 0 saturated carbocycles. The Kier molecular flexibility index (Phi) is 4.63. The first-order chi connectivity index (χ1) is 13.2. The number of aromatic nitrogens is 1. The Labute approximate surface area is 169 Å². The second-order valence-electron chi connectivity index (χ2n) is 7.23. The standard InChI is InChI=1S/C21H20ClN3O2S/c1-13-4-7-15(8-5-13)19-12-20(25(24-19)28(3,26)27)17-11-16-9-6-14(2)10-18(16)23-21(17)22/h4-11,20H,12H2,1-3H3/t20-/m1/s1. The number of rotatable bonds is 3. The Balaban J connectivity index is 1.80. The van der Waals surface area contributed by atoms with Gasteiger partial charge in [0.1, 0.15) is 5.15 Å². The van der Waals surface area contributed by atoms with Crippen LogP contribution in [0.15, 0.2) is 53.6 Å². The minimum absolute atomic E-state index is 0.303. The Morgan fingerprint density at radius 1 is 1.04 bits per heavy atom. The predicted molar refractivity (Wildman–Crippen MR) is 113 cm³/mol. The lowest BCUT2D eigenvalue weighted by Crippen LogP contribution is -2.26. The van der Waals surface area contributed by atoms with Gasteiger partial charge in [-0.3, -0.25) is 0 Å². The molecule has 0 fully saturated rings. The molecule has 28 heavy (non-hydrogen) atoms. The average molecular weight is 414 g/mol. The number of halogens is 1. The number of pyridine rings is 1. The Morgan fingerprint density at radius 3 is 2.39 bits per heavy atom. The topological polar surface area (TPSA) is 62.6 Å². The van der Waals surface area contributed by atoms with Crippen LogP contribution in [0.5, 0.6) is 0 Å². The van der Waals surface area contributed by atoms with Crippen LogP contribution in [-0.4, -0.2) is 29.8 Å². The molecule has 0 spiro atoms. The van der Waals surface area contributed by atoms with Crippen molar-refractivity contribution < 1.29 is 8.42 Å². The summed E-state index contributed by atoms with van der Waals surface area (Å²) in [5.41, 5.74) is 5.30. The van der Waals surface area contributed by atoms with Gasteiger partial charge >= 0.3 is 0 Å². The van der Waals surface area contributed by atoms with E-state index in [4.69, 9.17) is 11.6 Å². The molecular weight excluding hydrogens is 394 g/mol. The summed E-state index contributed by atoms with van der Waals surface area (Å²) in [7, 11) is -3.57. The van der Waals surface area contributed by atoms with E-state index in [1.54, 1.807) is 0 Å². The smallest absolute Gasteiger partial charge is 0.236 e. The number of fused-ring (bicyclic) bond motifs is 1. The summed E-state index contributed by atoms with van der Waals surface area (Å²) in [6.07, 6.45) is 1.60. The molecule has 0 amide bonds. The summed E-state index contributed by atoms with van der Waals surface area (Å²) in [5, 5.41) is 5.65. The number of benzene rings is 2. The molecule has 0 N–H and O–H groups in total. The molecule has 0 saturated heterocycles. The van der Waals surface area contributed by atoms with E-state index in [0.717, 1.165) is 44.0 Å². The van der Waals surface area contributed by atoms with Crippen molar-refractivity contribution in [3.05, 3.63) is 75.9 Å². The minimum Gasteiger partial charge on any atom is -0.236 e. The van der Waals surface area contributed by atoms with Crippen molar-refractivity contribution in [1.29, 1.82) is 0 Å². The van der Waals surface area contributed by atoms with E-state index in [0.29, 0.717) is 17.1 Å². The van der Waals surface area contributed by atoms with E-state index in [1.165, 1.54) is 0 Å². The Hall–Kier alpha value is -2.44. The van der Waals surface area contributed by atoms with Gasteiger partial charge in [-0.25, -0.2) is 13.4 Å². The van der Waals surface area contributed by atoms with Gasteiger partial charge in [0.15, 0.2) is 0 Å². The first kappa shape index (κ1) is 18.9. The summed E-state index contributed by atoms with van der Waals surface area (Å²) in [5.74, 6) is 0. The Morgan fingerprint density at radius 2 is 1.71 bits per heavy atom. The third-order valence-corrected chi connectivity index (χ3v) is 6.23. The van der Waals surface area contributed by atoms with Crippen LogP contribution >= 0.6 is 11.6 Å². The first-order valence-corrected chi connectivity index (χ1v) is 11.2. The fourth-order valence-corrected chi connectivity index (χ4v) is 4.62. The zero-order chi connectivity index (χ0) is 20.1. The molecule has 4 rings (SSSR count). The first-order valence-electron chi connectivity index (χ1n) is 8.93. The molecule has 3 aromatic rings. The van der Waals surface area contributed by atoms with Crippen molar-refractivity contribution in [3.8, 4) is 0 Å². The lowest BCUT2D eigenvalue weighted by molar-refractivity contribution is 0.374. The van der Waals surface area contributed by atoms with Gasteiger partial charge in [0.25, 0.3) is 0 Å². The van der Waals surface area contributed by atoms with Crippen LogP contribution in [0.3, 0.4) is 0 Å². The van der Waals surface area contributed by atoms with Gasteiger partial charge in [-0.05, 0) is 37.1 Å². The van der Waals surface area contributed by atoms with Gasteiger partial charge < -0.3 is 0 Å². The molecule has 0 radical (unpaired) electrons. The summed E-state index contributed by atoms with van der Waals surface area (Å²) >= 11 is 6.48. The molecule has 0 bridgehead atoms. The number of aryl methyl sites for hydroxylation is 2. The molecular formula is C21H20ClN3O2S. The number of nitrogens with zero attached hydrogens (tertiary/aromatic N) is 3. The molecule has 2 heterocycles. The van der Waals surface area contributed by atoms with Crippen molar-refractivity contribution in [1.82, 2.24) is 9.40 Å². The summed E-state index contributed by atoms with van der Waals surface area (Å²) in [6, 6.07) is 15.2. The Bertz CT molecular complexity index is 1200. The largest absolute Gasteiger partial charge is 0.247 e. The maximum atomic E-state index is 12.4. The molecule has 1 aliphatic heterocycles. The van der Waals surface area contributed by atoms with Gasteiger partial charge in [0.05, 0.1) is 23.5 Å². The summed E-state index contributed by atoms with van der Waals surface area (Å²) in [4.78, 5) is 4.50. The number of hydrogen-bond acceptors (Lipinski definition) is 4. The van der Waals surface area contributed by atoms with E-state index < -0.39 is 16.1 Å². The average Bonchev–Trinajstić information content (AvgIpc) is 3.07. The van der Waals surface area contributed by atoms with Gasteiger partial charge in [-0.2, -0.15) is 9.52 Å². The van der Waals surface area contributed by atoms with E-state index in [1.807, 2.05) is 62.4 Å². The van der Waals surface area contributed by atoms with E-state index in [2.05, 4.69) is 10.1 Å². The van der Waals surface area contributed by atoms with E-state index in [-0.39, 0.29) is 0 Å². The maximum Gasteiger partial charge on any atom is 0.247 e. The highest BCUT2D eigenvalue weighted by Crippen LogP contribution is 2.38. The fourth-order valence-electron chi connectivity index (χ4n) is 3.45. The lowest BCUT2D eigenvalue weighted by Gasteiger charge is -2.22. The van der Waals surface area contributed by atoms with Crippen LogP contribution in [-0.2, 0) is 10.0 Å². The SMILES string of the molecule is Cc1ccc(C2=NN(S(C)(=O)=O)[C@@H](c3cc4ccc(C)cc4nc3Cl)C2)cc1. The van der Waals surface area contributed by atoms with Gasteiger partial charge in [0, 0.05) is 17.4 Å². The molecule has 2 aromatic carbocycles. The van der Waals surface area contributed by atoms with Gasteiger partial charge in [-0.1, -0.05) is 53.6 Å². The van der Waals surface area contributed by atoms with Crippen molar-refractivity contribution >= 4 is 38.2 Å². The van der Waals surface area contributed by atoms with Crippen molar-refractivity contribution in [2.24, 2.45) is 5.10 Å². The second-order valence-corrected chi connectivity index (χ2v) is 9.43. The summed E-state index contributed by atoms with van der Waals surface area (Å²) < 4.78 is 26.0. The lowest BCUT2D eigenvalue weighted by atomic mass is 9.98. The maximum absolute atomic E-state index is 12.4. The molecule has 0 unspecified atom stereocenters. The predicted octanol–water partition coefficient (Wildman–Crippen LogP) is 4.62. The van der Waals surface area contributed by atoms with E-state index in [9.17, 15) is 8.42 Å². The third kappa shape index (κ3) is 3.50. The van der Waals surface area contributed by atoms with E-state index >= 15 is 0 Å². The van der Waals surface area contributed by atoms with Gasteiger partial charge in [0.2, 0.25) is 10.0 Å². The van der Waals surface area contributed by atoms with Crippen molar-refractivity contribution in [3.63, 3.8) is 0 Å². The van der Waals surface area contributed by atoms with Crippen molar-refractivity contribution in [2.75, 3.05) is 6.26 Å². The molecule has 7 heteroatoms. The summed E-state index contributed by atoms with van der Waals surface area (Å²) in [6.45, 7) is 4.00. The highest BCUT2D eigenvalue weighted by molar-refractivity contribution is 7.88. The van der Waals surface area contributed by atoms with Crippen LogP contribution in [0.25, 0.3) is 10.9 Å². The molecule has 1 atom stereocenters. The van der Waals surface area contributed by atoms with Gasteiger partial charge in [-0.15, -0.1) is 0 Å². The number of hydrogen-bond donors (Lipinski definition) is 0. The minimum atomic E-state index is -3.57. The van der Waals surface area contributed by atoms with Crippen LogP contribution < -0.4 is 0 Å². The number of hydrazone groups is 1.